The summed E-state index contributed by atoms with van der Waals surface area (Å²) in [6.07, 6.45) is 2.95. The van der Waals surface area contributed by atoms with Gasteiger partial charge in [-0.3, -0.25) is 0 Å². The number of hydrogen-bond acceptors (Lipinski definition) is 5. The van der Waals surface area contributed by atoms with Crippen molar-refractivity contribution in [3.63, 3.8) is 0 Å². The Labute approximate surface area is 128 Å². The molecule has 0 radical (unpaired) electrons. The Morgan fingerprint density at radius 3 is 2.42 bits per heavy atom. The fourth-order valence-corrected chi connectivity index (χ4v) is 2.78. The average molecular weight is 397 g/mol. The molecule has 0 aromatic carbocycles. The van der Waals surface area contributed by atoms with Gasteiger partial charge in [-0.05, 0) is 42.4 Å². The Bertz CT molecular complexity index is 546. The van der Waals surface area contributed by atoms with E-state index in [1.165, 1.54) is 6.26 Å². The lowest BCUT2D eigenvalue weighted by Crippen LogP contribution is -2.16. The molecule has 1 N–H and O–H groups in total. The van der Waals surface area contributed by atoms with Gasteiger partial charge in [0.05, 0.1) is 9.26 Å². The van der Waals surface area contributed by atoms with E-state index in [9.17, 15) is 8.42 Å². The van der Waals surface area contributed by atoms with Crippen LogP contribution >= 0.6 is 22.6 Å². The van der Waals surface area contributed by atoms with Crippen LogP contribution in [0.25, 0.3) is 0 Å². The summed E-state index contributed by atoms with van der Waals surface area (Å²) in [5.74, 6) is 1.11. The van der Waals surface area contributed by atoms with Crippen LogP contribution in [0.1, 0.15) is 44.0 Å². The SMILES string of the molecule is CCCNc1nc(C(C)S(C)(=O)=O)nc(CC)c1I. The van der Waals surface area contributed by atoms with Crippen molar-refractivity contribution in [3.8, 4) is 0 Å². The number of nitrogens with one attached hydrogen (secondary N) is 1. The molecule has 0 saturated carbocycles. The van der Waals surface area contributed by atoms with Crippen molar-refractivity contribution in [1.82, 2.24) is 9.97 Å². The summed E-state index contributed by atoms with van der Waals surface area (Å²) in [7, 11) is -3.19. The van der Waals surface area contributed by atoms with Crippen LogP contribution in [0.15, 0.2) is 0 Å². The van der Waals surface area contributed by atoms with Gasteiger partial charge in [0.25, 0.3) is 0 Å². The van der Waals surface area contributed by atoms with Crippen LogP contribution < -0.4 is 5.32 Å². The van der Waals surface area contributed by atoms with E-state index in [1.807, 2.05) is 6.92 Å². The second kappa shape index (κ2) is 6.83. The van der Waals surface area contributed by atoms with E-state index in [-0.39, 0.29) is 0 Å². The Kier molecular flexibility index (Phi) is 5.97. The topological polar surface area (TPSA) is 72.0 Å². The second-order valence-electron chi connectivity index (χ2n) is 4.44. The number of rotatable bonds is 6. The Hall–Kier alpha value is -0.440. The van der Waals surface area contributed by atoms with Gasteiger partial charge < -0.3 is 5.32 Å². The molecule has 5 nitrogen and oxygen atoms in total. The molecule has 19 heavy (non-hydrogen) atoms. The minimum Gasteiger partial charge on any atom is -0.369 e. The van der Waals surface area contributed by atoms with E-state index in [4.69, 9.17) is 0 Å². The molecule has 7 heteroatoms. The fraction of sp³-hybridized carbons (Fsp3) is 0.667. The molecule has 1 heterocycles. The maximum Gasteiger partial charge on any atom is 0.157 e. The quantitative estimate of drug-likeness (QED) is 0.748. The zero-order valence-corrected chi connectivity index (χ0v) is 14.7. The number of hydrogen-bond donors (Lipinski definition) is 1. The van der Waals surface area contributed by atoms with E-state index in [0.29, 0.717) is 5.82 Å². The molecule has 1 aromatic rings. The molecule has 1 rings (SSSR count). The van der Waals surface area contributed by atoms with Gasteiger partial charge in [-0.15, -0.1) is 0 Å². The third-order valence-electron chi connectivity index (χ3n) is 2.82. The highest BCUT2D eigenvalue weighted by Gasteiger charge is 2.22. The minimum atomic E-state index is -3.19. The third-order valence-corrected chi connectivity index (χ3v) is 5.45. The smallest absolute Gasteiger partial charge is 0.157 e. The van der Waals surface area contributed by atoms with Crippen LogP contribution in [0.2, 0.25) is 0 Å². The molecular weight excluding hydrogens is 377 g/mol. The molecule has 0 aliphatic rings. The largest absolute Gasteiger partial charge is 0.369 e. The number of sulfone groups is 1. The van der Waals surface area contributed by atoms with E-state index < -0.39 is 15.1 Å². The molecule has 0 fully saturated rings. The molecule has 1 aromatic heterocycles. The summed E-state index contributed by atoms with van der Waals surface area (Å²) >= 11 is 2.20. The standard InChI is InChI=1S/C12H20IN3O2S/c1-5-7-14-12-10(13)9(6-2)15-11(16-12)8(3)19(4,17)18/h8H,5-7H2,1-4H3,(H,14,15,16). The molecule has 0 aliphatic carbocycles. The van der Waals surface area contributed by atoms with Crippen LogP contribution in [0.5, 0.6) is 0 Å². The summed E-state index contributed by atoms with van der Waals surface area (Å²) in [5, 5.41) is 2.55. The first kappa shape index (κ1) is 16.6. The fourth-order valence-electron chi connectivity index (χ4n) is 1.48. The number of anilines is 1. The highest BCUT2D eigenvalue weighted by molar-refractivity contribution is 14.1. The maximum atomic E-state index is 11.6. The van der Waals surface area contributed by atoms with Gasteiger partial charge >= 0.3 is 0 Å². The number of nitrogens with zero attached hydrogens (tertiary/aromatic N) is 2. The summed E-state index contributed by atoms with van der Waals surface area (Å²) in [6, 6.07) is 0. The van der Waals surface area contributed by atoms with E-state index in [1.54, 1.807) is 6.92 Å². The van der Waals surface area contributed by atoms with Gasteiger partial charge in [-0.1, -0.05) is 13.8 Å². The molecule has 0 saturated heterocycles. The summed E-state index contributed by atoms with van der Waals surface area (Å²) in [5.41, 5.74) is 0.889. The van der Waals surface area contributed by atoms with Crippen LogP contribution in [-0.4, -0.2) is 31.2 Å². The van der Waals surface area contributed by atoms with Crippen molar-refractivity contribution in [3.05, 3.63) is 15.1 Å². The van der Waals surface area contributed by atoms with Crippen LogP contribution in [-0.2, 0) is 16.3 Å². The van der Waals surface area contributed by atoms with Gasteiger partial charge in [0.2, 0.25) is 0 Å². The predicted molar refractivity (Wildman–Crippen MR) is 86.2 cm³/mol. The zero-order chi connectivity index (χ0) is 14.6. The summed E-state index contributed by atoms with van der Waals surface area (Å²) in [6.45, 7) is 6.51. The zero-order valence-electron chi connectivity index (χ0n) is 11.7. The van der Waals surface area contributed by atoms with Gasteiger partial charge in [0, 0.05) is 12.8 Å². The second-order valence-corrected chi connectivity index (χ2v) is 7.89. The normalized spacial score (nSPS) is 13.3. The first-order valence-corrected chi connectivity index (χ1v) is 9.33. The Morgan fingerprint density at radius 2 is 1.95 bits per heavy atom. The van der Waals surface area contributed by atoms with E-state index >= 15 is 0 Å². The number of aromatic nitrogens is 2. The monoisotopic (exact) mass is 397 g/mol. The van der Waals surface area contributed by atoms with Gasteiger partial charge in [-0.25, -0.2) is 18.4 Å². The van der Waals surface area contributed by atoms with E-state index in [0.717, 1.165) is 34.5 Å². The first-order chi connectivity index (χ1) is 8.81. The number of aryl methyl sites for hydroxylation is 1. The molecule has 0 aliphatic heterocycles. The third kappa shape index (κ3) is 4.27. The van der Waals surface area contributed by atoms with Crippen molar-refractivity contribution < 1.29 is 8.42 Å². The lowest BCUT2D eigenvalue weighted by atomic mass is 10.3. The number of halogens is 1. The summed E-state index contributed by atoms with van der Waals surface area (Å²) in [4.78, 5) is 8.76. The van der Waals surface area contributed by atoms with Gasteiger partial charge in [-0.2, -0.15) is 0 Å². The van der Waals surface area contributed by atoms with E-state index in [2.05, 4.69) is 44.8 Å². The molecular formula is C12H20IN3O2S. The Balaban J connectivity index is 3.27. The van der Waals surface area contributed by atoms with Crippen LogP contribution in [0.3, 0.4) is 0 Å². The van der Waals surface area contributed by atoms with Crippen molar-refractivity contribution in [2.45, 2.75) is 38.9 Å². The van der Waals surface area contributed by atoms with Crippen molar-refractivity contribution in [1.29, 1.82) is 0 Å². The summed E-state index contributed by atoms with van der Waals surface area (Å²) < 4.78 is 24.2. The predicted octanol–water partition coefficient (Wildman–Crippen LogP) is 2.57. The van der Waals surface area contributed by atoms with Crippen LogP contribution in [0.4, 0.5) is 5.82 Å². The average Bonchev–Trinajstić information content (AvgIpc) is 2.35. The van der Waals surface area contributed by atoms with Gasteiger partial charge in [0.15, 0.2) is 9.84 Å². The van der Waals surface area contributed by atoms with Crippen molar-refractivity contribution in [2.75, 3.05) is 18.1 Å². The molecule has 1 unspecified atom stereocenters. The minimum absolute atomic E-state index is 0.373. The molecule has 0 spiro atoms. The molecule has 1 atom stereocenters. The molecule has 0 bridgehead atoms. The van der Waals surface area contributed by atoms with Crippen molar-refractivity contribution >= 4 is 38.2 Å². The Morgan fingerprint density at radius 1 is 1.32 bits per heavy atom. The molecule has 0 amide bonds. The maximum absolute atomic E-state index is 11.6. The first-order valence-electron chi connectivity index (χ1n) is 6.30. The van der Waals surface area contributed by atoms with Gasteiger partial charge in [0.1, 0.15) is 16.9 Å². The lowest BCUT2D eigenvalue weighted by Gasteiger charge is -2.14. The molecule has 108 valence electrons. The van der Waals surface area contributed by atoms with Crippen LogP contribution in [0, 0.1) is 3.57 Å². The highest BCUT2D eigenvalue weighted by Crippen LogP contribution is 2.24. The lowest BCUT2D eigenvalue weighted by molar-refractivity contribution is 0.588. The highest BCUT2D eigenvalue weighted by atomic mass is 127. The van der Waals surface area contributed by atoms with Crippen molar-refractivity contribution in [2.24, 2.45) is 0 Å².